The SMILES string of the molecule is CCN1CCC(=NNC(=O)c2ccc([N+](=O)[O-])c(C)c2)CC1. The first-order chi connectivity index (χ1) is 10.5. The van der Waals surface area contributed by atoms with E-state index < -0.39 is 4.92 Å². The average molecular weight is 304 g/mol. The number of amides is 1. The molecule has 0 aliphatic carbocycles. The van der Waals surface area contributed by atoms with E-state index in [1.54, 1.807) is 6.92 Å². The van der Waals surface area contributed by atoms with Crippen molar-refractivity contribution in [2.75, 3.05) is 19.6 Å². The van der Waals surface area contributed by atoms with Gasteiger partial charge in [-0.3, -0.25) is 14.9 Å². The van der Waals surface area contributed by atoms with Gasteiger partial charge in [-0.1, -0.05) is 6.92 Å². The number of hydrazone groups is 1. The van der Waals surface area contributed by atoms with Crippen LogP contribution in [0.5, 0.6) is 0 Å². The molecule has 0 aromatic heterocycles. The first-order valence-corrected chi connectivity index (χ1v) is 7.34. The molecule has 0 spiro atoms. The summed E-state index contributed by atoms with van der Waals surface area (Å²) >= 11 is 0. The quantitative estimate of drug-likeness (QED) is 0.681. The number of nitrogens with zero attached hydrogens (tertiary/aromatic N) is 3. The third-order valence-corrected chi connectivity index (χ3v) is 3.85. The van der Waals surface area contributed by atoms with E-state index in [4.69, 9.17) is 0 Å². The van der Waals surface area contributed by atoms with Crippen LogP contribution in [0.2, 0.25) is 0 Å². The van der Waals surface area contributed by atoms with Gasteiger partial charge in [-0.05, 0) is 25.6 Å². The van der Waals surface area contributed by atoms with Crippen molar-refractivity contribution in [3.63, 3.8) is 0 Å². The molecule has 0 unspecified atom stereocenters. The molecule has 22 heavy (non-hydrogen) atoms. The van der Waals surface area contributed by atoms with E-state index in [2.05, 4.69) is 22.4 Å². The maximum absolute atomic E-state index is 12.0. The molecule has 0 saturated carbocycles. The van der Waals surface area contributed by atoms with Crippen molar-refractivity contribution in [3.05, 3.63) is 39.4 Å². The third-order valence-electron chi connectivity index (χ3n) is 3.85. The monoisotopic (exact) mass is 304 g/mol. The van der Waals surface area contributed by atoms with Crippen LogP contribution >= 0.6 is 0 Å². The number of nitrogens with one attached hydrogen (secondary N) is 1. The van der Waals surface area contributed by atoms with Gasteiger partial charge in [-0.15, -0.1) is 0 Å². The van der Waals surface area contributed by atoms with Crippen molar-refractivity contribution in [1.29, 1.82) is 0 Å². The molecule has 2 rings (SSSR count). The summed E-state index contributed by atoms with van der Waals surface area (Å²) in [6, 6.07) is 4.30. The Bertz CT molecular complexity index is 603. The minimum absolute atomic E-state index is 0.00908. The Hall–Kier alpha value is -2.28. The van der Waals surface area contributed by atoms with Gasteiger partial charge in [0.1, 0.15) is 0 Å². The van der Waals surface area contributed by atoms with E-state index in [0.29, 0.717) is 11.1 Å². The summed E-state index contributed by atoms with van der Waals surface area (Å²) < 4.78 is 0. The zero-order valence-electron chi connectivity index (χ0n) is 12.8. The van der Waals surface area contributed by atoms with Crippen LogP contribution in [-0.2, 0) is 0 Å². The number of carbonyl (C=O) groups excluding carboxylic acids is 1. The maximum Gasteiger partial charge on any atom is 0.272 e. The highest BCUT2D eigenvalue weighted by molar-refractivity contribution is 5.96. The number of benzene rings is 1. The lowest BCUT2D eigenvalue weighted by Gasteiger charge is -2.25. The number of hydrogen-bond acceptors (Lipinski definition) is 5. The fourth-order valence-electron chi connectivity index (χ4n) is 2.44. The topological polar surface area (TPSA) is 87.8 Å². The van der Waals surface area contributed by atoms with Crippen LogP contribution in [0, 0.1) is 17.0 Å². The highest BCUT2D eigenvalue weighted by atomic mass is 16.6. The lowest BCUT2D eigenvalue weighted by atomic mass is 10.1. The average Bonchev–Trinajstić information content (AvgIpc) is 2.52. The number of rotatable bonds is 4. The minimum Gasteiger partial charge on any atom is -0.303 e. The molecule has 7 nitrogen and oxygen atoms in total. The van der Waals surface area contributed by atoms with Gasteiger partial charge < -0.3 is 4.90 Å². The highest BCUT2D eigenvalue weighted by Gasteiger charge is 2.15. The smallest absolute Gasteiger partial charge is 0.272 e. The molecule has 118 valence electrons. The van der Waals surface area contributed by atoms with Crippen LogP contribution in [0.1, 0.15) is 35.7 Å². The van der Waals surface area contributed by atoms with Gasteiger partial charge in [0.25, 0.3) is 11.6 Å². The first kappa shape index (κ1) is 16.1. The van der Waals surface area contributed by atoms with Crippen molar-refractivity contribution in [3.8, 4) is 0 Å². The van der Waals surface area contributed by atoms with Gasteiger partial charge in [-0.2, -0.15) is 5.10 Å². The maximum atomic E-state index is 12.0. The number of hydrogen-bond donors (Lipinski definition) is 1. The minimum atomic E-state index is -0.460. The predicted octanol–water partition coefficient (Wildman–Crippen LogP) is 2.10. The second-order valence-electron chi connectivity index (χ2n) is 5.31. The van der Waals surface area contributed by atoms with E-state index >= 15 is 0 Å². The lowest BCUT2D eigenvalue weighted by Crippen LogP contribution is -2.34. The molecule has 1 aliphatic rings. The van der Waals surface area contributed by atoms with Crippen LogP contribution in [0.3, 0.4) is 0 Å². The number of piperidine rings is 1. The Balaban J connectivity index is 1.98. The summed E-state index contributed by atoms with van der Waals surface area (Å²) in [4.78, 5) is 24.7. The molecule has 1 saturated heterocycles. The molecule has 1 amide bonds. The van der Waals surface area contributed by atoms with Crippen LogP contribution in [0.4, 0.5) is 5.69 Å². The standard InChI is InChI=1S/C15H20N4O3/c1-3-18-8-6-13(7-9-18)16-17-15(20)12-4-5-14(19(21)22)11(2)10-12/h4-5,10H,3,6-9H2,1-2H3,(H,17,20). The van der Waals surface area contributed by atoms with E-state index in [1.807, 2.05) is 0 Å². The van der Waals surface area contributed by atoms with Crippen LogP contribution in [0.15, 0.2) is 23.3 Å². The van der Waals surface area contributed by atoms with E-state index in [9.17, 15) is 14.9 Å². The Morgan fingerprint density at radius 1 is 1.41 bits per heavy atom. The molecule has 1 heterocycles. The van der Waals surface area contributed by atoms with Gasteiger partial charge in [-0.25, -0.2) is 5.43 Å². The molecule has 0 atom stereocenters. The van der Waals surface area contributed by atoms with Gasteiger partial charge in [0.15, 0.2) is 0 Å². The van der Waals surface area contributed by atoms with Gasteiger partial charge in [0, 0.05) is 48.8 Å². The van der Waals surface area contributed by atoms with Crippen LogP contribution < -0.4 is 5.43 Å². The molecule has 1 fully saturated rings. The summed E-state index contributed by atoms with van der Waals surface area (Å²) in [5.41, 5.74) is 4.36. The summed E-state index contributed by atoms with van der Waals surface area (Å²) in [6.07, 6.45) is 1.71. The van der Waals surface area contributed by atoms with Crippen molar-refractivity contribution in [2.45, 2.75) is 26.7 Å². The number of aryl methyl sites for hydroxylation is 1. The number of nitro groups is 1. The van der Waals surface area contributed by atoms with E-state index in [0.717, 1.165) is 38.2 Å². The summed E-state index contributed by atoms with van der Waals surface area (Å²) in [7, 11) is 0. The third kappa shape index (κ3) is 3.88. The number of nitro benzene ring substituents is 1. The Kier molecular flexibility index (Phi) is 5.21. The number of likely N-dealkylation sites (tertiary alicyclic amines) is 1. The number of carbonyl (C=O) groups is 1. The van der Waals surface area contributed by atoms with Gasteiger partial charge in [0.2, 0.25) is 0 Å². The van der Waals surface area contributed by atoms with E-state index in [1.165, 1.54) is 18.2 Å². The van der Waals surface area contributed by atoms with Crippen molar-refractivity contribution in [1.82, 2.24) is 10.3 Å². The highest BCUT2D eigenvalue weighted by Crippen LogP contribution is 2.18. The molecule has 1 aromatic carbocycles. The van der Waals surface area contributed by atoms with Crippen molar-refractivity contribution in [2.24, 2.45) is 5.10 Å². The molecule has 1 N–H and O–H groups in total. The van der Waals surface area contributed by atoms with Gasteiger partial charge in [0.05, 0.1) is 4.92 Å². The van der Waals surface area contributed by atoms with Crippen LogP contribution in [-0.4, -0.2) is 41.1 Å². The van der Waals surface area contributed by atoms with Gasteiger partial charge >= 0.3 is 0 Å². The molecule has 0 radical (unpaired) electrons. The second-order valence-corrected chi connectivity index (χ2v) is 5.31. The molecule has 7 heteroatoms. The van der Waals surface area contributed by atoms with Crippen LogP contribution in [0.25, 0.3) is 0 Å². The summed E-state index contributed by atoms with van der Waals surface area (Å²) in [6.45, 7) is 6.69. The normalized spacial score (nSPS) is 15.5. The second kappa shape index (κ2) is 7.13. The molecular formula is C15H20N4O3. The Labute approximate surface area is 129 Å². The Morgan fingerprint density at radius 3 is 2.64 bits per heavy atom. The van der Waals surface area contributed by atoms with Crippen molar-refractivity contribution < 1.29 is 9.72 Å². The zero-order valence-corrected chi connectivity index (χ0v) is 12.8. The largest absolute Gasteiger partial charge is 0.303 e. The van der Waals surface area contributed by atoms with E-state index in [-0.39, 0.29) is 11.6 Å². The fourth-order valence-corrected chi connectivity index (χ4v) is 2.44. The molecule has 1 aliphatic heterocycles. The zero-order chi connectivity index (χ0) is 16.1. The van der Waals surface area contributed by atoms with Crippen molar-refractivity contribution >= 4 is 17.3 Å². The molecule has 0 bridgehead atoms. The molecule has 1 aromatic rings. The predicted molar refractivity (Wildman–Crippen MR) is 84.1 cm³/mol. The summed E-state index contributed by atoms with van der Waals surface area (Å²) in [5, 5.41) is 14.9. The lowest BCUT2D eigenvalue weighted by molar-refractivity contribution is -0.385. The fraction of sp³-hybridized carbons (Fsp3) is 0.467. The summed E-state index contributed by atoms with van der Waals surface area (Å²) in [5.74, 6) is -0.344. The Morgan fingerprint density at radius 2 is 2.09 bits per heavy atom. The first-order valence-electron chi connectivity index (χ1n) is 7.34. The molecular weight excluding hydrogens is 284 g/mol.